The number of fused-ring (bicyclic) bond motifs is 3. The lowest BCUT2D eigenvalue weighted by atomic mass is 10.1. The maximum atomic E-state index is 6.36. The Hall–Kier alpha value is -4.84. The number of anilines is 3. The van der Waals surface area contributed by atoms with Crippen molar-refractivity contribution in [2.45, 2.75) is 26.8 Å². The zero-order chi connectivity index (χ0) is 26.1. The molecule has 0 unspecified atom stereocenters. The lowest BCUT2D eigenvalue weighted by Crippen LogP contribution is -2.12. The van der Waals surface area contributed by atoms with Crippen molar-refractivity contribution in [3.63, 3.8) is 0 Å². The minimum Gasteiger partial charge on any atom is -0.457 e. The number of ether oxygens (including phenoxy) is 1. The fraction of sp³-hybridized carbons (Fsp3) is 0.125. The summed E-state index contributed by atoms with van der Waals surface area (Å²) in [5.74, 6) is 3.15. The fourth-order valence-electron chi connectivity index (χ4n) is 4.74. The molecule has 0 spiro atoms. The smallest absolute Gasteiger partial charge is 0.154 e. The second-order valence-corrected chi connectivity index (χ2v) is 9.62. The molecule has 0 atom stereocenters. The Bertz CT molecular complexity index is 1740. The van der Waals surface area contributed by atoms with E-state index < -0.39 is 0 Å². The van der Waals surface area contributed by atoms with Crippen molar-refractivity contribution in [2.75, 3.05) is 10.6 Å². The molecule has 3 heterocycles. The Morgan fingerprint density at radius 3 is 2.42 bits per heavy atom. The van der Waals surface area contributed by atoms with Crippen molar-refractivity contribution < 1.29 is 4.74 Å². The average molecular weight is 500 g/mol. The van der Waals surface area contributed by atoms with E-state index in [1.54, 1.807) is 0 Å². The van der Waals surface area contributed by atoms with Gasteiger partial charge >= 0.3 is 0 Å². The number of aromatic nitrogens is 3. The summed E-state index contributed by atoms with van der Waals surface area (Å²) in [4.78, 5) is 9.33. The first-order valence-corrected chi connectivity index (χ1v) is 12.8. The number of benzene rings is 3. The molecule has 2 N–H and O–H groups in total. The van der Waals surface area contributed by atoms with Crippen LogP contribution in [0.3, 0.4) is 0 Å². The Kier molecular flexibility index (Phi) is 6.14. The van der Waals surface area contributed by atoms with E-state index in [2.05, 4.69) is 76.5 Å². The third-order valence-corrected chi connectivity index (χ3v) is 6.33. The summed E-state index contributed by atoms with van der Waals surface area (Å²) in [6, 6.07) is 32.9. The molecule has 0 radical (unpaired) electrons. The number of hydrogen-bond acceptors (Lipinski definition) is 5. The van der Waals surface area contributed by atoms with Gasteiger partial charge in [-0.15, -0.1) is 0 Å². The highest BCUT2D eigenvalue weighted by atomic mass is 16.5. The molecule has 0 aliphatic rings. The molecule has 0 aliphatic heterocycles. The topological polar surface area (TPSA) is 64.0 Å². The van der Waals surface area contributed by atoms with Crippen molar-refractivity contribution in [3.05, 3.63) is 109 Å². The molecule has 6 aromatic rings. The quantitative estimate of drug-likeness (QED) is 0.232. The molecule has 6 rings (SSSR count). The molecule has 0 saturated heterocycles. The highest BCUT2D eigenvalue weighted by Gasteiger charge is 2.14. The van der Waals surface area contributed by atoms with Crippen LogP contribution in [0.1, 0.15) is 19.5 Å². The number of pyridine rings is 2. The van der Waals surface area contributed by atoms with Gasteiger partial charge in [0.05, 0.1) is 16.7 Å². The second kappa shape index (κ2) is 9.90. The highest BCUT2D eigenvalue weighted by Crippen LogP contribution is 2.35. The van der Waals surface area contributed by atoms with Gasteiger partial charge in [0.1, 0.15) is 17.3 Å². The van der Waals surface area contributed by atoms with Crippen LogP contribution in [-0.4, -0.2) is 20.6 Å². The monoisotopic (exact) mass is 499 g/mol. The molecular weight excluding hydrogens is 470 g/mol. The van der Waals surface area contributed by atoms with E-state index in [-0.39, 0.29) is 0 Å². The largest absolute Gasteiger partial charge is 0.457 e. The number of hydrogen-bond donors (Lipinski definition) is 2. The predicted octanol–water partition coefficient (Wildman–Crippen LogP) is 8.24. The Morgan fingerprint density at radius 2 is 1.58 bits per heavy atom. The van der Waals surface area contributed by atoms with Crippen molar-refractivity contribution >= 4 is 39.0 Å². The van der Waals surface area contributed by atoms with Gasteiger partial charge in [-0.3, -0.25) is 4.57 Å². The van der Waals surface area contributed by atoms with Crippen LogP contribution in [0.25, 0.3) is 27.6 Å². The van der Waals surface area contributed by atoms with Crippen molar-refractivity contribution in [2.24, 2.45) is 0 Å². The normalized spacial score (nSPS) is 11.3. The fourth-order valence-corrected chi connectivity index (χ4v) is 4.74. The predicted molar refractivity (Wildman–Crippen MR) is 156 cm³/mol. The Morgan fingerprint density at radius 1 is 0.763 bits per heavy atom. The molecule has 188 valence electrons. The summed E-state index contributed by atoms with van der Waals surface area (Å²) in [6.07, 6.45) is 1.82. The van der Waals surface area contributed by atoms with Crippen molar-refractivity contribution in [3.8, 4) is 17.3 Å². The van der Waals surface area contributed by atoms with Gasteiger partial charge in [-0.05, 0) is 75.4 Å². The van der Waals surface area contributed by atoms with E-state index in [0.717, 1.165) is 56.6 Å². The van der Waals surface area contributed by atoms with E-state index in [9.17, 15) is 0 Å². The van der Waals surface area contributed by atoms with E-state index >= 15 is 0 Å². The van der Waals surface area contributed by atoms with Gasteiger partial charge in [0.15, 0.2) is 5.82 Å². The van der Waals surface area contributed by atoms with Crippen LogP contribution in [-0.2, 0) is 0 Å². The van der Waals surface area contributed by atoms with Crippen LogP contribution in [0.15, 0.2) is 103 Å². The molecule has 6 nitrogen and oxygen atoms in total. The number of nitrogens with one attached hydrogen (secondary N) is 2. The molecule has 0 amide bonds. The van der Waals surface area contributed by atoms with Gasteiger partial charge in [0.2, 0.25) is 0 Å². The first-order chi connectivity index (χ1) is 18.5. The molecule has 0 aliphatic carbocycles. The van der Waals surface area contributed by atoms with Crippen LogP contribution in [0.2, 0.25) is 0 Å². The first-order valence-electron chi connectivity index (χ1n) is 12.8. The minimum absolute atomic E-state index is 0.298. The SMILES string of the molecule is Cc1ccc(NC(C)C)c(Nc2cccc(Oc3ccc4c5ccccc5n(-c5ccccn5)c4c3)c2)n1. The number of rotatable bonds is 7. The van der Waals surface area contributed by atoms with Gasteiger partial charge in [-0.2, -0.15) is 0 Å². The maximum absolute atomic E-state index is 6.36. The summed E-state index contributed by atoms with van der Waals surface area (Å²) >= 11 is 0. The summed E-state index contributed by atoms with van der Waals surface area (Å²) in [6.45, 7) is 6.22. The number of para-hydroxylation sites is 1. The van der Waals surface area contributed by atoms with Gasteiger partial charge in [0, 0.05) is 46.5 Å². The number of nitrogens with zero attached hydrogens (tertiary/aromatic N) is 3. The van der Waals surface area contributed by atoms with Gasteiger partial charge in [0.25, 0.3) is 0 Å². The third-order valence-electron chi connectivity index (χ3n) is 6.33. The maximum Gasteiger partial charge on any atom is 0.154 e. The standard InChI is InChI=1S/C32H29N5O/c1-21(2)34-28-17-14-22(3)35-32(28)36-23-9-8-10-24(19-23)38-25-15-16-27-26-11-4-5-12-29(26)37(30(27)20-25)31-13-6-7-18-33-31/h4-21,34H,1-3H3,(H,35,36). The van der Waals surface area contributed by atoms with Crippen LogP contribution in [0.4, 0.5) is 17.2 Å². The average Bonchev–Trinajstić information content (AvgIpc) is 3.24. The Balaban J connectivity index is 1.34. The zero-order valence-electron chi connectivity index (χ0n) is 21.6. The first kappa shape index (κ1) is 23.6. The van der Waals surface area contributed by atoms with Crippen molar-refractivity contribution in [1.29, 1.82) is 0 Å². The number of aryl methyl sites for hydroxylation is 1. The van der Waals surface area contributed by atoms with E-state index in [0.29, 0.717) is 6.04 Å². The summed E-state index contributed by atoms with van der Waals surface area (Å²) < 4.78 is 8.54. The van der Waals surface area contributed by atoms with Crippen molar-refractivity contribution in [1.82, 2.24) is 14.5 Å². The molecule has 6 heteroatoms. The summed E-state index contributed by atoms with van der Waals surface area (Å²) in [5, 5.41) is 9.26. The molecule has 0 fully saturated rings. The highest BCUT2D eigenvalue weighted by molar-refractivity contribution is 6.09. The summed E-state index contributed by atoms with van der Waals surface area (Å²) in [7, 11) is 0. The van der Waals surface area contributed by atoms with E-state index in [1.807, 2.05) is 67.7 Å². The van der Waals surface area contributed by atoms with Crippen LogP contribution in [0.5, 0.6) is 11.5 Å². The Labute approximate surface area is 221 Å². The molecule has 3 aromatic carbocycles. The van der Waals surface area contributed by atoms with Gasteiger partial charge in [-0.1, -0.05) is 30.3 Å². The van der Waals surface area contributed by atoms with E-state index in [4.69, 9.17) is 9.72 Å². The molecule has 38 heavy (non-hydrogen) atoms. The van der Waals surface area contributed by atoms with Crippen LogP contribution < -0.4 is 15.4 Å². The van der Waals surface area contributed by atoms with E-state index in [1.165, 1.54) is 5.39 Å². The van der Waals surface area contributed by atoms with Gasteiger partial charge < -0.3 is 15.4 Å². The zero-order valence-corrected chi connectivity index (χ0v) is 21.6. The molecule has 0 saturated carbocycles. The minimum atomic E-state index is 0.298. The molecule has 3 aromatic heterocycles. The van der Waals surface area contributed by atoms with Crippen LogP contribution >= 0.6 is 0 Å². The molecular formula is C32H29N5O. The second-order valence-electron chi connectivity index (χ2n) is 9.62. The lowest BCUT2D eigenvalue weighted by molar-refractivity contribution is 0.483. The van der Waals surface area contributed by atoms with Gasteiger partial charge in [-0.25, -0.2) is 9.97 Å². The lowest BCUT2D eigenvalue weighted by Gasteiger charge is -2.16. The third kappa shape index (κ3) is 4.64. The molecule has 0 bridgehead atoms. The summed E-state index contributed by atoms with van der Waals surface area (Å²) in [5.41, 5.74) is 4.97. The van der Waals surface area contributed by atoms with Crippen LogP contribution in [0, 0.1) is 6.92 Å².